The van der Waals surface area contributed by atoms with E-state index in [4.69, 9.17) is 0 Å². The molecule has 0 aromatic carbocycles. The number of carbonyl (C=O) groups is 1. The van der Waals surface area contributed by atoms with E-state index >= 15 is 0 Å². The fourth-order valence-corrected chi connectivity index (χ4v) is 1.98. The van der Waals surface area contributed by atoms with Gasteiger partial charge in [-0.25, -0.2) is 0 Å². The smallest absolute Gasteiger partial charge is 0.234 e. The van der Waals surface area contributed by atoms with Crippen molar-refractivity contribution in [2.45, 2.75) is 25.3 Å². The monoisotopic (exact) mass is 197 g/mol. The van der Waals surface area contributed by atoms with Crippen LogP contribution in [-0.4, -0.2) is 49.6 Å². The fourth-order valence-electron chi connectivity index (χ4n) is 1.98. The van der Waals surface area contributed by atoms with Crippen LogP contribution in [0.5, 0.6) is 0 Å². The Labute approximate surface area is 85.0 Å². The van der Waals surface area contributed by atoms with Gasteiger partial charge in [-0.3, -0.25) is 9.69 Å². The van der Waals surface area contributed by atoms with Crippen molar-refractivity contribution in [3.63, 3.8) is 0 Å². The third kappa shape index (κ3) is 2.69. The van der Waals surface area contributed by atoms with Gasteiger partial charge in [-0.1, -0.05) is 6.42 Å². The van der Waals surface area contributed by atoms with Gasteiger partial charge in [0.05, 0.1) is 12.6 Å². The Kier molecular flexibility index (Phi) is 3.37. The summed E-state index contributed by atoms with van der Waals surface area (Å²) in [5.74, 6) is 0.193. The second-order valence-electron chi connectivity index (χ2n) is 4.26. The van der Waals surface area contributed by atoms with E-state index in [0.717, 1.165) is 26.2 Å². The minimum Gasteiger partial charge on any atom is -0.350 e. The van der Waals surface area contributed by atoms with Crippen LogP contribution in [0.1, 0.15) is 19.3 Å². The normalized spacial score (nSPS) is 24.3. The molecule has 2 aliphatic heterocycles. The Morgan fingerprint density at radius 1 is 1.29 bits per heavy atom. The maximum atomic E-state index is 11.5. The maximum Gasteiger partial charge on any atom is 0.234 e. The topological polar surface area (TPSA) is 44.4 Å². The molecule has 0 aromatic rings. The van der Waals surface area contributed by atoms with Crippen molar-refractivity contribution in [3.8, 4) is 0 Å². The van der Waals surface area contributed by atoms with Crippen molar-refractivity contribution in [3.05, 3.63) is 0 Å². The van der Waals surface area contributed by atoms with Crippen LogP contribution in [0, 0.1) is 0 Å². The first-order valence-corrected chi connectivity index (χ1v) is 5.57. The van der Waals surface area contributed by atoms with E-state index in [-0.39, 0.29) is 5.91 Å². The molecule has 80 valence electrons. The third-order valence-electron chi connectivity index (χ3n) is 2.96. The molecule has 2 heterocycles. The van der Waals surface area contributed by atoms with Gasteiger partial charge in [-0.05, 0) is 25.9 Å². The molecule has 0 saturated carbocycles. The van der Waals surface area contributed by atoms with Crippen LogP contribution in [0.25, 0.3) is 0 Å². The highest BCUT2D eigenvalue weighted by molar-refractivity contribution is 5.78. The maximum absolute atomic E-state index is 11.5. The summed E-state index contributed by atoms with van der Waals surface area (Å²) >= 11 is 0. The van der Waals surface area contributed by atoms with E-state index in [9.17, 15) is 4.79 Å². The van der Waals surface area contributed by atoms with Crippen molar-refractivity contribution in [2.24, 2.45) is 0 Å². The number of piperidine rings is 1. The molecule has 14 heavy (non-hydrogen) atoms. The number of amides is 1. The summed E-state index contributed by atoms with van der Waals surface area (Å²) in [6.07, 6.45) is 3.82. The summed E-state index contributed by atoms with van der Waals surface area (Å²) in [6, 6.07) is 0.382. The van der Waals surface area contributed by atoms with Gasteiger partial charge in [0.25, 0.3) is 0 Å². The summed E-state index contributed by atoms with van der Waals surface area (Å²) in [7, 11) is 0. The van der Waals surface area contributed by atoms with E-state index in [1.165, 1.54) is 19.3 Å². The zero-order valence-corrected chi connectivity index (χ0v) is 8.59. The molecule has 2 N–H and O–H groups in total. The van der Waals surface area contributed by atoms with Crippen molar-refractivity contribution in [2.75, 3.05) is 32.7 Å². The zero-order valence-electron chi connectivity index (χ0n) is 8.59. The molecule has 0 atom stereocenters. The van der Waals surface area contributed by atoms with Crippen LogP contribution in [-0.2, 0) is 4.79 Å². The van der Waals surface area contributed by atoms with Gasteiger partial charge >= 0.3 is 0 Å². The van der Waals surface area contributed by atoms with Crippen LogP contribution >= 0.6 is 0 Å². The van der Waals surface area contributed by atoms with E-state index in [1.54, 1.807) is 0 Å². The molecule has 2 aliphatic rings. The number of rotatable bonds is 3. The van der Waals surface area contributed by atoms with Gasteiger partial charge in [-0.15, -0.1) is 0 Å². The van der Waals surface area contributed by atoms with Crippen molar-refractivity contribution >= 4 is 5.91 Å². The number of nitrogens with zero attached hydrogens (tertiary/aromatic N) is 1. The lowest BCUT2D eigenvalue weighted by Crippen LogP contribution is -2.58. The van der Waals surface area contributed by atoms with Crippen LogP contribution in [0.15, 0.2) is 0 Å². The van der Waals surface area contributed by atoms with E-state index in [0.29, 0.717) is 12.6 Å². The SMILES string of the molecule is O=C(CN1CCCCC1)NC1CNC1. The van der Waals surface area contributed by atoms with Gasteiger partial charge in [0.15, 0.2) is 0 Å². The van der Waals surface area contributed by atoms with Crippen LogP contribution in [0.4, 0.5) is 0 Å². The lowest BCUT2D eigenvalue weighted by Gasteiger charge is -2.30. The van der Waals surface area contributed by atoms with Crippen LogP contribution in [0.3, 0.4) is 0 Å². The summed E-state index contributed by atoms with van der Waals surface area (Å²) < 4.78 is 0. The molecule has 2 rings (SSSR count). The van der Waals surface area contributed by atoms with Crippen LogP contribution in [0.2, 0.25) is 0 Å². The standard InChI is InChI=1S/C10H19N3O/c14-10(12-9-6-11-7-9)8-13-4-2-1-3-5-13/h9,11H,1-8H2,(H,12,14). The van der Waals surface area contributed by atoms with Gasteiger partial charge in [0.2, 0.25) is 5.91 Å². The summed E-state index contributed by atoms with van der Waals surface area (Å²) in [4.78, 5) is 13.8. The molecule has 2 fully saturated rings. The lowest BCUT2D eigenvalue weighted by atomic mass is 10.1. The average molecular weight is 197 g/mol. The molecule has 4 nitrogen and oxygen atoms in total. The Hall–Kier alpha value is -0.610. The number of carbonyl (C=O) groups excluding carboxylic acids is 1. The molecule has 2 saturated heterocycles. The minimum atomic E-state index is 0.193. The highest BCUT2D eigenvalue weighted by Gasteiger charge is 2.20. The van der Waals surface area contributed by atoms with Crippen LogP contribution < -0.4 is 10.6 Å². The number of likely N-dealkylation sites (tertiary alicyclic amines) is 1. The summed E-state index contributed by atoms with van der Waals surface area (Å²) in [5.41, 5.74) is 0. The fraction of sp³-hybridized carbons (Fsp3) is 0.900. The largest absolute Gasteiger partial charge is 0.350 e. The first-order chi connectivity index (χ1) is 6.84. The Morgan fingerprint density at radius 3 is 2.57 bits per heavy atom. The molecule has 0 aliphatic carbocycles. The van der Waals surface area contributed by atoms with Gasteiger partial charge < -0.3 is 10.6 Å². The zero-order chi connectivity index (χ0) is 9.80. The third-order valence-corrected chi connectivity index (χ3v) is 2.96. The van der Waals surface area contributed by atoms with E-state index in [2.05, 4.69) is 15.5 Å². The predicted octanol–water partition coefficient (Wildman–Crippen LogP) is -0.440. The molecule has 0 aromatic heterocycles. The quantitative estimate of drug-likeness (QED) is 0.645. The van der Waals surface area contributed by atoms with E-state index < -0.39 is 0 Å². The van der Waals surface area contributed by atoms with Gasteiger partial charge in [0.1, 0.15) is 0 Å². The Bertz CT molecular complexity index is 198. The van der Waals surface area contributed by atoms with E-state index in [1.807, 2.05) is 0 Å². The molecule has 0 spiro atoms. The van der Waals surface area contributed by atoms with Crippen molar-refractivity contribution in [1.29, 1.82) is 0 Å². The molecule has 0 bridgehead atoms. The number of hydrogen-bond acceptors (Lipinski definition) is 3. The predicted molar refractivity (Wildman–Crippen MR) is 55.1 cm³/mol. The van der Waals surface area contributed by atoms with Gasteiger partial charge in [-0.2, -0.15) is 0 Å². The highest BCUT2D eigenvalue weighted by atomic mass is 16.2. The number of hydrogen-bond donors (Lipinski definition) is 2. The molecule has 1 amide bonds. The number of nitrogens with one attached hydrogen (secondary N) is 2. The average Bonchev–Trinajstić information content (AvgIpc) is 2.13. The van der Waals surface area contributed by atoms with Crippen molar-refractivity contribution < 1.29 is 4.79 Å². The molecule has 0 unspecified atom stereocenters. The van der Waals surface area contributed by atoms with Gasteiger partial charge in [0, 0.05) is 13.1 Å². The van der Waals surface area contributed by atoms with Crippen molar-refractivity contribution in [1.82, 2.24) is 15.5 Å². The molecule has 4 heteroatoms. The second kappa shape index (κ2) is 4.75. The highest BCUT2D eigenvalue weighted by Crippen LogP contribution is 2.07. The lowest BCUT2D eigenvalue weighted by molar-refractivity contribution is -0.123. The molecular weight excluding hydrogens is 178 g/mol. The molecule has 0 radical (unpaired) electrons. The first-order valence-electron chi connectivity index (χ1n) is 5.57. The second-order valence-corrected chi connectivity index (χ2v) is 4.26. The summed E-state index contributed by atoms with van der Waals surface area (Å²) in [6.45, 7) is 4.65. The molecular formula is C10H19N3O. The Morgan fingerprint density at radius 2 is 2.00 bits per heavy atom. The first kappa shape index (κ1) is 9.93. The summed E-state index contributed by atoms with van der Waals surface area (Å²) in [5, 5.41) is 6.16. The minimum absolute atomic E-state index is 0.193. The Balaban J connectivity index is 1.64.